The van der Waals surface area contributed by atoms with E-state index in [1.54, 1.807) is 0 Å². The highest BCUT2D eigenvalue weighted by Gasteiger charge is 2.24. The molecule has 1 N–H and O–H groups in total. The predicted molar refractivity (Wildman–Crippen MR) is 222 cm³/mol. The van der Waals surface area contributed by atoms with Crippen molar-refractivity contribution in [1.82, 2.24) is 19.4 Å². The zero-order valence-corrected chi connectivity index (χ0v) is 29.1. The Labute approximate surface area is 311 Å². The van der Waals surface area contributed by atoms with Crippen molar-refractivity contribution in [1.29, 1.82) is 0 Å². The van der Waals surface area contributed by atoms with Crippen molar-refractivity contribution < 1.29 is 0 Å². The lowest BCUT2D eigenvalue weighted by atomic mass is 10.0. The number of rotatable bonds is 5. The molecule has 254 valence electrons. The number of aromatic nitrogens is 3. The van der Waals surface area contributed by atoms with Crippen LogP contribution in [-0.2, 0) is 0 Å². The van der Waals surface area contributed by atoms with Crippen molar-refractivity contribution in [3.8, 4) is 11.5 Å². The molecule has 0 radical (unpaired) electrons. The van der Waals surface area contributed by atoms with Gasteiger partial charge >= 0.3 is 0 Å². The second-order valence-electron chi connectivity index (χ2n) is 13.7. The first-order valence-electron chi connectivity index (χ1n) is 18.2. The summed E-state index contributed by atoms with van der Waals surface area (Å²) in [5, 5.41) is 10.9. The van der Waals surface area contributed by atoms with Crippen LogP contribution in [0.1, 0.15) is 23.0 Å². The molecular weight excluding hydrogens is 661 g/mol. The SMILES string of the molecule is c1ccc(C2=NC(c3ccccc3)NC(c3cccc(-n4c5cc6c(cc5c5c7ccccc7ccc54)c4ccccc4n6-c4ccccc4)n3)=N2)cc1. The zero-order valence-electron chi connectivity index (χ0n) is 29.1. The van der Waals surface area contributed by atoms with E-state index in [1.165, 1.54) is 37.8 Å². The van der Waals surface area contributed by atoms with E-state index in [1.807, 2.05) is 42.5 Å². The summed E-state index contributed by atoms with van der Waals surface area (Å²) in [5.74, 6) is 2.16. The van der Waals surface area contributed by atoms with Crippen LogP contribution in [0.2, 0.25) is 0 Å². The van der Waals surface area contributed by atoms with E-state index in [9.17, 15) is 0 Å². The summed E-state index contributed by atoms with van der Waals surface area (Å²) in [5.41, 5.74) is 8.40. The topological polar surface area (TPSA) is 59.5 Å². The van der Waals surface area contributed by atoms with Gasteiger partial charge in [0.05, 0.1) is 22.1 Å². The van der Waals surface area contributed by atoms with E-state index < -0.39 is 0 Å². The monoisotopic (exact) mass is 692 g/mol. The molecule has 0 spiro atoms. The molecule has 1 aliphatic heterocycles. The van der Waals surface area contributed by atoms with Crippen LogP contribution in [0.3, 0.4) is 0 Å². The van der Waals surface area contributed by atoms with Crippen LogP contribution >= 0.6 is 0 Å². The Bertz CT molecular complexity index is 3120. The number of nitrogens with one attached hydrogen (secondary N) is 1. The molecule has 6 nitrogen and oxygen atoms in total. The van der Waals surface area contributed by atoms with E-state index >= 15 is 0 Å². The fourth-order valence-electron chi connectivity index (χ4n) is 8.13. The molecule has 6 heteroatoms. The number of para-hydroxylation sites is 2. The standard InChI is InChI=1S/C48H32N6/c1-4-16-32(17-5-1)46-50-47(33-18-6-2-7-19-33)52-48(51-46)39-24-14-26-44(49-39)54-41-28-27-31-15-10-11-22-35(31)45(41)38-29-37-36-23-12-13-25-40(36)53(42(37)30-43(38)54)34-20-8-3-9-21-34/h1-30,46H,(H,50,51,52). The van der Waals surface area contributed by atoms with E-state index in [2.05, 4.69) is 154 Å². The second kappa shape index (κ2) is 12.1. The molecular formula is C48H32N6. The van der Waals surface area contributed by atoms with Gasteiger partial charge in [0.2, 0.25) is 0 Å². The number of nitrogens with zero attached hydrogens (tertiary/aromatic N) is 5. The lowest BCUT2D eigenvalue weighted by Gasteiger charge is -2.23. The van der Waals surface area contributed by atoms with Crippen molar-refractivity contribution in [3.63, 3.8) is 0 Å². The van der Waals surface area contributed by atoms with Crippen molar-refractivity contribution in [2.24, 2.45) is 9.98 Å². The van der Waals surface area contributed by atoms with Crippen LogP contribution in [0.5, 0.6) is 0 Å². The predicted octanol–water partition coefficient (Wildman–Crippen LogP) is 10.9. The van der Waals surface area contributed by atoms with Gasteiger partial charge in [0.25, 0.3) is 0 Å². The van der Waals surface area contributed by atoms with Gasteiger partial charge in [-0.05, 0) is 64.9 Å². The molecule has 0 fully saturated rings. The Balaban J connectivity index is 1.17. The lowest BCUT2D eigenvalue weighted by Crippen LogP contribution is -2.34. The zero-order chi connectivity index (χ0) is 35.6. The molecule has 1 unspecified atom stereocenters. The van der Waals surface area contributed by atoms with Crippen LogP contribution in [0, 0.1) is 0 Å². The van der Waals surface area contributed by atoms with Crippen LogP contribution < -0.4 is 5.32 Å². The van der Waals surface area contributed by atoms with Gasteiger partial charge in [-0.1, -0.05) is 133 Å². The van der Waals surface area contributed by atoms with E-state index in [4.69, 9.17) is 15.0 Å². The third-order valence-corrected chi connectivity index (χ3v) is 10.6. The van der Waals surface area contributed by atoms with Crippen molar-refractivity contribution >= 4 is 66.1 Å². The number of hydrogen-bond donors (Lipinski definition) is 1. The lowest BCUT2D eigenvalue weighted by molar-refractivity contribution is 0.672. The van der Waals surface area contributed by atoms with Gasteiger partial charge in [-0.15, -0.1) is 0 Å². The van der Waals surface area contributed by atoms with Crippen LogP contribution in [-0.4, -0.2) is 25.8 Å². The Morgan fingerprint density at radius 2 is 1.19 bits per heavy atom. The number of fused-ring (bicyclic) bond motifs is 8. The summed E-state index contributed by atoms with van der Waals surface area (Å²) < 4.78 is 4.69. The van der Waals surface area contributed by atoms with Crippen LogP contribution in [0.25, 0.3) is 65.9 Å². The molecule has 0 bridgehead atoms. The Kier molecular flexibility index (Phi) is 6.82. The van der Waals surface area contributed by atoms with Crippen molar-refractivity contribution in [2.75, 3.05) is 0 Å². The smallest absolute Gasteiger partial charge is 0.159 e. The van der Waals surface area contributed by atoms with E-state index in [0.29, 0.717) is 11.7 Å². The number of aliphatic imine (C=N–C) groups is 2. The maximum absolute atomic E-state index is 5.39. The summed E-state index contributed by atoms with van der Waals surface area (Å²) in [6.07, 6.45) is -0.313. The molecule has 54 heavy (non-hydrogen) atoms. The second-order valence-corrected chi connectivity index (χ2v) is 13.7. The Hall–Kier alpha value is -7.31. The summed E-state index contributed by atoms with van der Waals surface area (Å²) in [6.45, 7) is 0. The van der Waals surface area contributed by atoms with Gasteiger partial charge in [-0.3, -0.25) is 4.57 Å². The molecule has 7 aromatic carbocycles. The average molecular weight is 693 g/mol. The number of amidine groups is 2. The fraction of sp³-hybridized carbons (Fsp3) is 0.0208. The fourth-order valence-corrected chi connectivity index (χ4v) is 8.13. The molecule has 0 amide bonds. The van der Waals surface area contributed by atoms with Gasteiger partial charge < -0.3 is 9.88 Å². The van der Waals surface area contributed by atoms with Gasteiger partial charge in [0.15, 0.2) is 11.7 Å². The molecule has 0 saturated carbocycles. The van der Waals surface area contributed by atoms with Crippen molar-refractivity contribution in [2.45, 2.75) is 6.17 Å². The summed E-state index contributed by atoms with van der Waals surface area (Å²) in [6, 6.07) is 63.8. The molecule has 10 aromatic rings. The summed E-state index contributed by atoms with van der Waals surface area (Å²) in [4.78, 5) is 15.5. The van der Waals surface area contributed by atoms with Gasteiger partial charge in [0.1, 0.15) is 17.7 Å². The largest absolute Gasteiger partial charge is 0.343 e. The third-order valence-electron chi connectivity index (χ3n) is 10.6. The molecule has 1 atom stereocenters. The first-order valence-corrected chi connectivity index (χ1v) is 18.2. The highest BCUT2D eigenvalue weighted by Crippen LogP contribution is 2.41. The average Bonchev–Trinajstić information content (AvgIpc) is 3.76. The molecule has 0 saturated heterocycles. The minimum atomic E-state index is -0.313. The Morgan fingerprint density at radius 1 is 0.481 bits per heavy atom. The first kappa shape index (κ1) is 30.3. The van der Waals surface area contributed by atoms with E-state index in [-0.39, 0.29) is 6.17 Å². The maximum Gasteiger partial charge on any atom is 0.159 e. The molecule has 1 aliphatic rings. The van der Waals surface area contributed by atoms with Gasteiger partial charge in [-0.25, -0.2) is 15.0 Å². The highest BCUT2D eigenvalue weighted by molar-refractivity contribution is 6.25. The summed E-state index contributed by atoms with van der Waals surface area (Å²) in [7, 11) is 0. The minimum Gasteiger partial charge on any atom is -0.343 e. The van der Waals surface area contributed by atoms with Crippen LogP contribution in [0.4, 0.5) is 0 Å². The molecule has 3 aromatic heterocycles. The van der Waals surface area contributed by atoms with Gasteiger partial charge in [-0.2, -0.15) is 0 Å². The van der Waals surface area contributed by atoms with Gasteiger partial charge in [0, 0.05) is 32.8 Å². The molecule has 11 rings (SSSR count). The first-order chi connectivity index (χ1) is 26.8. The Morgan fingerprint density at radius 3 is 2.02 bits per heavy atom. The minimum absolute atomic E-state index is 0.313. The molecule has 0 aliphatic carbocycles. The number of pyridine rings is 1. The maximum atomic E-state index is 5.39. The van der Waals surface area contributed by atoms with E-state index in [0.717, 1.165) is 44.9 Å². The van der Waals surface area contributed by atoms with Crippen molar-refractivity contribution in [3.05, 3.63) is 199 Å². The summed E-state index contributed by atoms with van der Waals surface area (Å²) >= 11 is 0. The quantitative estimate of drug-likeness (QED) is 0.195. The van der Waals surface area contributed by atoms with Crippen LogP contribution in [0.15, 0.2) is 192 Å². The number of hydrogen-bond acceptors (Lipinski definition) is 4. The third kappa shape index (κ3) is 4.77. The number of benzene rings is 7. The highest BCUT2D eigenvalue weighted by atomic mass is 15.2. The normalized spacial score (nSPS) is 14.5. The molecule has 4 heterocycles.